The zero-order chi connectivity index (χ0) is 14.3. The second-order valence-electron chi connectivity index (χ2n) is 3.95. The van der Waals surface area contributed by atoms with E-state index in [2.05, 4.69) is 0 Å². The quantitative estimate of drug-likeness (QED) is 0.585. The van der Waals surface area contributed by atoms with Crippen molar-refractivity contribution in [2.75, 3.05) is 20.8 Å². The molecule has 0 unspecified atom stereocenters. The molecule has 1 aromatic rings. The van der Waals surface area contributed by atoms with Crippen LogP contribution in [0.25, 0.3) is 0 Å². The van der Waals surface area contributed by atoms with Crippen molar-refractivity contribution < 1.29 is 19.0 Å². The molecule has 0 radical (unpaired) electrons. The molecule has 0 N–H and O–H groups in total. The Kier molecular flexibility index (Phi) is 5.93. The van der Waals surface area contributed by atoms with Crippen molar-refractivity contribution in [2.24, 2.45) is 0 Å². The highest BCUT2D eigenvalue weighted by Crippen LogP contribution is 2.29. The van der Waals surface area contributed by atoms with E-state index in [9.17, 15) is 4.79 Å². The number of methoxy groups -OCH3 is 2. The van der Waals surface area contributed by atoms with Gasteiger partial charge in [-0.15, -0.1) is 0 Å². The number of benzene rings is 1. The van der Waals surface area contributed by atoms with Crippen LogP contribution in [-0.2, 0) is 16.0 Å². The maximum Gasteiger partial charge on any atom is 0.333 e. The molecule has 1 rings (SSSR count). The molecule has 0 saturated heterocycles. The van der Waals surface area contributed by atoms with E-state index in [-0.39, 0.29) is 5.97 Å². The van der Waals surface area contributed by atoms with Crippen LogP contribution in [0.1, 0.15) is 19.4 Å². The number of ether oxygens (including phenoxy) is 3. The third kappa shape index (κ3) is 4.02. The van der Waals surface area contributed by atoms with Gasteiger partial charge in [-0.3, -0.25) is 0 Å². The summed E-state index contributed by atoms with van der Waals surface area (Å²) in [6.45, 7) is 3.90. The Balaban J connectivity index is 2.93. The topological polar surface area (TPSA) is 44.8 Å². The maximum absolute atomic E-state index is 11.5. The van der Waals surface area contributed by atoms with E-state index in [0.717, 1.165) is 17.1 Å². The normalized spacial score (nSPS) is 11.1. The van der Waals surface area contributed by atoms with E-state index >= 15 is 0 Å². The molecule has 0 bridgehead atoms. The molecule has 0 saturated carbocycles. The molecule has 0 spiro atoms. The lowest BCUT2D eigenvalue weighted by atomic mass is 10.1. The van der Waals surface area contributed by atoms with E-state index in [1.54, 1.807) is 28.1 Å². The number of carbonyl (C=O) groups is 1. The van der Waals surface area contributed by atoms with E-state index in [1.165, 1.54) is 0 Å². The van der Waals surface area contributed by atoms with Gasteiger partial charge in [-0.05, 0) is 32.4 Å². The summed E-state index contributed by atoms with van der Waals surface area (Å²) in [5, 5.41) is 0. The molecular weight excluding hydrogens is 244 g/mol. The monoisotopic (exact) mass is 264 g/mol. The summed E-state index contributed by atoms with van der Waals surface area (Å²) in [7, 11) is 3.22. The lowest BCUT2D eigenvalue weighted by Crippen LogP contribution is -2.05. The fourth-order valence-corrected chi connectivity index (χ4v) is 1.71. The molecule has 4 heteroatoms. The smallest absolute Gasteiger partial charge is 0.333 e. The van der Waals surface area contributed by atoms with Crippen molar-refractivity contribution >= 4 is 5.97 Å². The van der Waals surface area contributed by atoms with Crippen LogP contribution < -0.4 is 9.47 Å². The summed E-state index contributed by atoms with van der Waals surface area (Å²) in [6, 6.07) is 5.60. The number of hydrogen-bond acceptors (Lipinski definition) is 4. The Morgan fingerprint density at radius 1 is 1.21 bits per heavy atom. The second kappa shape index (κ2) is 7.46. The number of rotatable bonds is 6. The van der Waals surface area contributed by atoms with Gasteiger partial charge < -0.3 is 14.2 Å². The van der Waals surface area contributed by atoms with Crippen molar-refractivity contribution in [1.29, 1.82) is 0 Å². The van der Waals surface area contributed by atoms with Gasteiger partial charge in [-0.25, -0.2) is 4.79 Å². The van der Waals surface area contributed by atoms with Crippen molar-refractivity contribution in [1.82, 2.24) is 0 Å². The van der Waals surface area contributed by atoms with Gasteiger partial charge in [-0.1, -0.05) is 12.1 Å². The van der Waals surface area contributed by atoms with Crippen molar-refractivity contribution in [3.63, 3.8) is 0 Å². The lowest BCUT2D eigenvalue weighted by Gasteiger charge is -2.11. The predicted molar refractivity (Wildman–Crippen MR) is 73.6 cm³/mol. The standard InChI is InChI=1S/C15H20O4/c1-5-19-15(16)11(2)9-10-12-13(17-3)7-6-8-14(12)18-4/h6-9H,5,10H2,1-4H3/b11-9+. The Morgan fingerprint density at radius 3 is 2.26 bits per heavy atom. The fourth-order valence-electron chi connectivity index (χ4n) is 1.71. The first-order valence-corrected chi connectivity index (χ1v) is 6.17. The first kappa shape index (κ1) is 15.1. The molecule has 0 aliphatic carbocycles. The van der Waals surface area contributed by atoms with Gasteiger partial charge in [0.2, 0.25) is 0 Å². The van der Waals surface area contributed by atoms with Gasteiger partial charge >= 0.3 is 5.97 Å². The van der Waals surface area contributed by atoms with Crippen LogP contribution in [0.5, 0.6) is 11.5 Å². The van der Waals surface area contributed by atoms with Crippen molar-refractivity contribution in [3.8, 4) is 11.5 Å². The summed E-state index contributed by atoms with van der Waals surface area (Å²) in [5.74, 6) is 1.19. The molecule has 104 valence electrons. The third-order valence-corrected chi connectivity index (χ3v) is 2.74. The highest BCUT2D eigenvalue weighted by Gasteiger charge is 2.10. The van der Waals surface area contributed by atoms with Crippen LogP contribution in [0.15, 0.2) is 29.8 Å². The highest BCUT2D eigenvalue weighted by atomic mass is 16.5. The van der Waals surface area contributed by atoms with Crippen molar-refractivity contribution in [2.45, 2.75) is 20.3 Å². The molecule has 19 heavy (non-hydrogen) atoms. The van der Waals surface area contributed by atoms with E-state index in [4.69, 9.17) is 14.2 Å². The molecular formula is C15H20O4. The number of carbonyl (C=O) groups excluding carboxylic acids is 1. The highest BCUT2D eigenvalue weighted by molar-refractivity contribution is 5.87. The van der Waals surface area contributed by atoms with Crippen molar-refractivity contribution in [3.05, 3.63) is 35.4 Å². The summed E-state index contributed by atoms with van der Waals surface area (Å²) in [6.07, 6.45) is 2.37. The zero-order valence-electron chi connectivity index (χ0n) is 11.9. The molecule has 0 atom stereocenters. The number of hydrogen-bond donors (Lipinski definition) is 0. The predicted octanol–water partition coefficient (Wildman–Crippen LogP) is 2.76. The van der Waals surface area contributed by atoms with Gasteiger partial charge in [0.1, 0.15) is 11.5 Å². The second-order valence-corrected chi connectivity index (χ2v) is 3.95. The molecule has 1 aromatic carbocycles. The fraction of sp³-hybridized carbons (Fsp3) is 0.400. The first-order valence-electron chi connectivity index (χ1n) is 6.17. The average molecular weight is 264 g/mol. The molecule has 0 aromatic heterocycles. The van der Waals surface area contributed by atoms with Gasteiger partial charge in [-0.2, -0.15) is 0 Å². The van der Waals surface area contributed by atoms with Crippen LogP contribution in [0.4, 0.5) is 0 Å². The van der Waals surface area contributed by atoms with Crippen LogP contribution in [0.2, 0.25) is 0 Å². The molecule has 0 aliphatic rings. The van der Waals surface area contributed by atoms with E-state index < -0.39 is 0 Å². The molecule has 4 nitrogen and oxygen atoms in total. The molecule has 0 aliphatic heterocycles. The Morgan fingerprint density at radius 2 is 1.79 bits per heavy atom. The van der Waals surface area contributed by atoms with Crippen LogP contribution in [0.3, 0.4) is 0 Å². The minimum Gasteiger partial charge on any atom is -0.496 e. The summed E-state index contributed by atoms with van der Waals surface area (Å²) in [5.41, 5.74) is 1.49. The lowest BCUT2D eigenvalue weighted by molar-refractivity contribution is -0.138. The van der Waals surface area contributed by atoms with Crippen LogP contribution >= 0.6 is 0 Å². The Labute approximate surface area is 114 Å². The zero-order valence-corrected chi connectivity index (χ0v) is 11.9. The minimum atomic E-state index is -0.295. The molecule has 0 heterocycles. The molecule has 0 fully saturated rings. The Bertz CT molecular complexity index is 441. The number of allylic oxidation sites excluding steroid dienone is 1. The van der Waals surface area contributed by atoms with Gasteiger partial charge in [0.15, 0.2) is 0 Å². The van der Waals surface area contributed by atoms with Gasteiger partial charge in [0.25, 0.3) is 0 Å². The maximum atomic E-state index is 11.5. The summed E-state index contributed by atoms with van der Waals surface area (Å²) >= 11 is 0. The van der Waals surface area contributed by atoms with E-state index in [0.29, 0.717) is 18.6 Å². The molecule has 0 amide bonds. The average Bonchev–Trinajstić information content (AvgIpc) is 2.44. The summed E-state index contributed by atoms with van der Waals surface area (Å²) < 4.78 is 15.5. The van der Waals surface area contributed by atoms with Gasteiger partial charge in [0.05, 0.1) is 20.8 Å². The van der Waals surface area contributed by atoms with Gasteiger partial charge in [0, 0.05) is 11.1 Å². The summed E-state index contributed by atoms with van der Waals surface area (Å²) in [4.78, 5) is 11.5. The Hall–Kier alpha value is -1.97. The third-order valence-electron chi connectivity index (χ3n) is 2.74. The first-order chi connectivity index (χ1) is 9.13. The SMILES string of the molecule is CCOC(=O)/C(C)=C/Cc1c(OC)cccc1OC. The van der Waals surface area contributed by atoms with Crippen LogP contribution in [-0.4, -0.2) is 26.8 Å². The minimum absolute atomic E-state index is 0.295. The van der Waals surface area contributed by atoms with E-state index in [1.807, 2.05) is 24.3 Å². The number of esters is 1. The van der Waals surface area contributed by atoms with Crippen LogP contribution in [0, 0.1) is 0 Å². The largest absolute Gasteiger partial charge is 0.496 e.